The summed E-state index contributed by atoms with van der Waals surface area (Å²) in [6, 6.07) is 11.2. The Morgan fingerprint density at radius 1 is 1.06 bits per heavy atom. The summed E-state index contributed by atoms with van der Waals surface area (Å²) in [5.74, 6) is 0.785. The Kier molecular flexibility index (Phi) is 6.99. The molecule has 8 heteroatoms. The molecule has 1 aliphatic rings. The van der Waals surface area contributed by atoms with Crippen LogP contribution in [-0.2, 0) is 17.9 Å². The second-order valence-electron chi connectivity index (χ2n) is 7.61. The molecule has 3 aromatic rings. The van der Waals surface area contributed by atoms with E-state index in [0.29, 0.717) is 29.7 Å². The van der Waals surface area contributed by atoms with E-state index in [0.717, 1.165) is 36.5 Å². The fourth-order valence-corrected chi connectivity index (χ4v) is 4.18. The zero-order valence-corrected chi connectivity index (χ0v) is 18.5. The normalized spacial score (nSPS) is 16.2. The van der Waals surface area contributed by atoms with E-state index in [1.807, 2.05) is 35.2 Å². The fourth-order valence-electron chi connectivity index (χ4n) is 3.86. The van der Waals surface area contributed by atoms with Gasteiger partial charge in [0.1, 0.15) is 5.82 Å². The predicted octanol–water partition coefficient (Wildman–Crippen LogP) is 4.62. The number of halogens is 2. The highest BCUT2D eigenvalue weighted by Crippen LogP contribution is 2.26. The van der Waals surface area contributed by atoms with Crippen LogP contribution >= 0.6 is 23.2 Å². The molecule has 1 aliphatic heterocycles. The molecule has 6 nitrogen and oxygen atoms in total. The first-order valence-electron chi connectivity index (χ1n) is 10.2. The number of carbonyl (C=O) groups excluding carboxylic acids is 1. The molecule has 1 aromatic carbocycles. The Hall–Kier alpha value is -2.70. The molecule has 0 bridgehead atoms. The van der Waals surface area contributed by atoms with Crippen LogP contribution < -0.4 is 4.90 Å². The summed E-state index contributed by atoms with van der Waals surface area (Å²) in [5.41, 5.74) is 1.78. The van der Waals surface area contributed by atoms with E-state index in [9.17, 15) is 4.79 Å². The molecule has 1 atom stereocenters. The topological polar surface area (TPSA) is 62.2 Å². The number of pyridine rings is 1. The second kappa shape index (κ2) is 10.1. The maximum absolute atomic E-state index is 13.6. The molecule has 0 N–H and O–H groups in total. The molecular weight excluding hydrogens is 433 g/mol. The first kappa shape index (κ1) is 21.5. The highest BCUT2D eigenvalue weighted by Gasteiger charge is 2.30. The zero-order chi connectivity index (χ0) is 21.6. The summed E-state index contributed by atoms with van der Waals surface area (Å²) in [4.78, 5) is 30.6. The van der Waals surface area contributed by atoms with Crippen LogP contribution in [0.5, 0.6) is 0 Å². The number of carbonyl (C=O) groups is 1. The van der Waals surface area contributed by atoms with Gasteiger partial charge in [-0.2, -0.15) is 0 Å². The maximum Gasteiger partial charge on any atom is 0.228 e. The van der Waals surface area contributed by atoms with Crippen molar-refractivity contribution >= 4 is 34.9 Å². The van der Waals surface area contributed by atoms with Gasteiger partial charge in [-0.3, -0.25) is 14.8 Å². The van der Waals surface area contributed by atoms with E-state index < -0.39 is 0 Å². The van der Waals surface area contributed by atoms with E-state index in [4.69, 9.17) is 23.2 Å². The number of benzene rings is 1. The number of piperidine rings is 1. The number of amides is 1. The lowest BCUT2D eigenvalue weighted by atomic mass is 9.96. The first-order chi connectivity index (χ1) is 15.1. The SMILES string of the molecule is O=C(C1CCCN(c2cnccn2)C1)N(Cc1ccc(Cl)c(Cl)c1)Cc1ccccn1. The van der Waals surface area contributed by atoms with Gasteiger partial charge in [0.15, 0.2) is 0 Å². The van der Waals surface area contributed by atoms with Gasteiger partial charge < -0.3 is 9.80 Å². The molecule has 1 amide bonds. The lowest BCUT2D eigenvalue weighted by Crippen LogP contribution is -2.44. The van der Waals surface area contributed by atoms with Crippen LogP contribution in [-0.4, -0.2) is 38.8 Å². The third-order valence-electron chi connectivity index (χ3n) is 5.39. The Morgan fingerprint density at radius 3 is 2.71 bits per heavy atom. The van der Waals surface area contributed by atoms with Crippen molar-refractivity contribution in [2.75, 3.05) is 18.0 Å². The molecule has 1 unspecified atom stereocenters. The summed E-state index contributed by atoms with van der Waals surface area (Å²) < 4.78 is 0. The molecule has 31 heavy (non-hydrogen) atoms. The predicted molar refractivity (Wildman–Crippen MR) is 122 cm³/mol. The lowest BCUT2D eigenvalue weighted by molar-refractivity contribution is -0.137. The van der Waals surface area contributed by atoms with Gasteiger partial charge >= 0.3 is 0 Å². The van der Waals surface area contributed by atoms with Crippen molar-refractivity contribution in [2.45, 2.75) is 25.9 Å². The third-order valence-corrected chi connectivity index (χ3v) is 6.13. The van der Waals surface area contributed by atoms with Gasteiger partial charge in [-0.05, 0) is 42.7 Å². The number of hydrogen-bond donors (Lipinski definition) is 0. The van der Waals surface area contributed by atoms with Crippen LogP contribution in [0.15, 0.2) is 61.2 Å². The molecule has 1 saturated heterocycles. The Bertz CT molecular complexity index is 1020. The van der Waals surface area contributed by atoms with Crippen LogP contribution in [0.2, 0.25) is 10.0 Å². The van der Waals surface area contributed by atoms with Crippen molar-refractivity contribution in [1.82, 2.24) is 19.9 Å². The standard InChI is InChI=1S/C23H23Cl2N5O/c24-20-7-6-17(12-21(20)25)14-30(16-19-5-1-2-8-27-19)23(31)18-4-3-11-29(15-18)22-13-26-9-10-28-22/h1-2,5-10,12-13,18H,3-4,11,14-16H2. The number of anilines is 1. The minimum absolute atomic E-state index is 0.102. The van der Waals surface area contributed by atoms with Crippen molar-refractivity contribution in [3.8, 4) is 0 Å². The van der Waals surface area contributed by atoms with Crippen molar-refractivity contribution in [2.24, 2.45) is 5.92 Å². The van der Waals surface area contributed by atoms with Gasteiger partial charge in [0.25, 0.3) is 0 Å². The van der Waals surface area contributed by atoms with Gasteiger partial charge in [0.2, 0.25) is 5.91 Å². The molecule has 160 valence electrons. The average Bonchev–Trinajstić information content (AvgIpc) is 2.82. The van der Waals surface area contributed by atoms with Gasteiger partial charge in [0.05, 0.1) is 34.4 Å². The molecule has 0 spiro atoms. The number of nitrogens with zero attached hydrogens (tertiary/aromatic N) is 5. The molecule has 4 rings (SSSR count). The molecule has 0 radical (unpaired) electrons. The number of rotatable bonds is 6. The molecule has 1 fully saturated rings. The fraction of sp³-hybridized carbons (Fsp3) is 0.304. The van der Waals surface area contributed by atoms with E-state index in [1.54, 1.807) is 30.9 Å². The van der Waals surface area contributed by atoms with Crippen LogP contribution in [0.4, 0.5) is 5.82 Å². The number of hydrogen-bond acceptors (Lipinski definition) is 5. The summed E-state index contributed by atoms with van der Waals surface area (Å²) in [6.45, 7) is 2.36. The van der Waals surface area contributed by atoms with Gasteiger partial charge in [-0.25, -0.2) is 4.98 Å². The van der Waals surface area contributed by atoms with Crippen molar-refractivity contribution < 1.29 is 4.79 Å². The van der Waals surface area contributed by atoms with Crippen LogP contribution in [0.1, 0.15) is 24.1 Å². The minimum Gasteiger partial charge on any atom is -0.355 e. The smallest absolute Gasteiger partial charge is 0.228 e. The van der Waals surface area contributed by atoms with Crippen molar-refractivity contribution in [1.29, 1.82) is 0 Å². The van der Waals surface area contributed by atoms with E-state index in [1.165, 1.54) is 0 Å². The number of aromatic nitrogens is 3. The quantitative estimate of drug-likeness (QED) is 0.542. The van der Waals surface area contributed by atoms with E-state index in [2.05, 4.69) is 19.9 Å². The van der Waals surface area contributed by atoms with Gasteiger partial charge in [0, 0.05) is 38.2 Å². The second-order valence-corrected chi connectivity index (χ2v) is 8.43. The van der Waals surface area contributed by atoms with Crippen LogP contribution in [0.25, 0.3) is 0 Å². The highest BCUT2D eigenvalue weighted by atomic mass is 35.5. The lowest BCUT2D eigenvalue weighted by Gasteiger charge is -2.35. The van der Waals surface area contributed by atoms with E-state index >= 15 is 0 Å². The monoisotopic (exact) mass is 455 g/mol. The Balaban J connectivity index is 1.54. The molecule has 2 aromatic heterocycles. The van der Waals surface area contributed by atoms with Crippen LogP contribution in [0, 0.1) is 5.92 Å². The molecule has 0 aliphatic carbocycles. The first-order valence-corrected chi connectivity index (χ1v) is 11.0. The average molecular weight is 456 g/mol. The molecule has 0 saturated carbocycles. The highest BCUT2D eigenvalue weighted by molar-refractivity contribution is 6.42. The van der Waals surface area contributed by atoms with Crippen molar-refractivity contribution in [3.05, 3.63) is 82.5 Å². The summed E-state index contributed by atoms with van der Waals surface area (Å²) >= 11 is 12.3. The molecule has 3 heterocycles. The zero-order valence-electron chi connectivity index (χ0n) is 17.0. The van der Waals surface area contributed by atoms with Gasteiger partial charge in [-0.15, -0.1) is 0 Å². The summed E-state index contributed by atoms with van der Waals surface area (Å²) in [7, 11) is 0. The van der Waals surface area contributed by atoms with Crippen LogP contribution in [0.3, 0.4) is 0 Å². The minimum atomic E-state index is -0.123. The van der Waals surface area contributed by atoms with Crippen molar-refractivity contribution in [3.63, 3.8) is 0 Å². The van der Waals surface area contributed by atoms with Gasteiger partial charge in [-0.1, -0.05) is 35.3 Å². The van der Waals surface area contributed by atoms with E-state index in [-0.39, 0.29) is 11.8 Å². The largest absolute Gasteiger partial charge is 0.355 e. The maximum atomic E-state index is 13.6. The summed E-state index contributed by atoms with van der Waals surface area (Å²) in [5, 5.41) is 0.982. The summed E-state index contributed by atoms with van der Waals surface area (Å²) in [6.07, 6.45) is 8.59. The molecular formula is C23H23Cl2N5O. The Labute approximate surface area is 191 Å². The third kappa shape index (κ3) is 5.51. The Morgan fingerprint density at radius 2 is 1.97 bits per heavy atom.